The van der Waals surface area contributed by atoms with Crippen LogP contribution in [0.3, 0.4) is 0 Å². The number of carbonyl (C=O) groups excluding carboxylic acids is 1. The van der Waals surface area contributed by atoms with Crippen molar-refractivity contribution in [2.45, 2.75) is 27.3 Å². The average Bonchev–Trinajstić information content (AvgIpc) is 2.61. The van der Waals surface area contributed by atoms with Gasteiger partial charge in [0.05, 0.1) is 6.54 Å². The first-order valence-electron chi connectivity index (χ1n) is 8.55. The Balaban J connectivity index is 1.86. The molecule has 0 saturated heterocycles. The highest BCUT2D eigenvalue weighted by Gasteiger charge is 2.13. The lowest BCUT2D eigenvalue weighted by Gasteiger charge is -2.13. The summed E-state index contributed by atoms with van der Waals surface area (Å²) in [6.45, 7) is 6.01. The van der Waals surface area contributed by atoms with Crippen LogP contribution in [0.2, 0.25) is 0 Å². The molecule has 3 rings (SSSR count). The highest BCUT2D eigenvalue weighted by molar-refractivity contribution is 6.03. The van der Waals surface area contributed by atoms with Gasteiger partial charge < -0.3 is 5.32 Å². The normalized spacial score (nSPS) is 10.7. The third-order valence-corrected chi connectivity index (χ3v) is 4.26. The number of carbonyl (C=O) groups is 1. The van der Waals surface area contributed by atoms with Crippen molar-refractivity contribution in [3.63, 3.8) is 0 Å². The number of amides is 1. The fourth-order valence-corrected chi connectivity index (χ4v) is 3.00. The Bertz CT molecular complexity index is 1030. The molecule has 3 aromatic rings. The lowest BCUT2D eigenvalue weighted by atomic mass is 10.1. The van der Waals surface area contributed by atoms with Crippen molar-refractivity contribution in [1.29, 1.82) is 0 Å². The van der Waals surface area contributed by atoms with Gasteiger partial charge in [0, 0.05) is 11.8 Å². The van der Waals surface area contributed by atoms with Crippen molar-refractivity contribution in [1.82, 2.24) is 9.78 Å². The molecule has 2 aromatic carbocycles. The molecule has 0 radical (unpaired) electrons. The van der Waals surface area contributed by atoms with Gasteiger partial charge in [0.15, 0.2) is 0 Å². The highest BCUT2D eigenvalue weighted by Crippen LogP contribution is 2.22. The molecule has 0 aliphatic rings. The van der Waals surface area contributed by atoms with Gasteiger partial charge in [-0.05, 0) is 55.7 Å². The molecule has 0 aliphatic carbocycles. The molecule has 0 saturated carbocycles. The summed E-state index contributed by atoms with van der Waals surface area (Å²) < 4.78 is 14.2. The Kier molecular flexibility index (Phi) is 5.16. The van der Waals surface area contributed by atoms with Crippen LogP contribution in [-0.4, -0.2) is 15.7 Å². The highest BCUT2D eigenvalue weighted by atomic mass is 19.1. The number of nitrogens with zero attached hydrogens (tertiary/aromatic N) is 2. The van der Waals surface area contributed by atoms with Gasteiger partial charge in [-0.1, -0.05) is 29.8 Å². The van der Waals surface area contributed by atoms with Crippen LogP contribution in [0.25, 0.3) is 0 Å². The maximum atomic E-state index is 13.0. The van der Waals surface area contributed by atoms with E-state index in [4.69, 9.17) is 0 Å². The minimum Gasteiger partial charge on any atom is -0.320 e. The summed E-state index contributed by atoms with van der Waals surface area (Å²) in [6, 6.07) is 12.5. The van der Waals surface area contributed by atoms with E-state index in [0.29, 0.717) is 5.56 Å². The molecule has 138 valence electrons. The molecule has 5 nitrogen and oxygen atoms in total. The van der Waals surface area contributed by atoms with E-state index in [2.05, 4.69) is 10.4 Å². The number of nitrogens with one attached hydrogen (secondary N) is 1. The number of hydrogen-bond acceptors (Lipinski definition) is 3. The van der Waals surface area contributed by atoms with Gasteiger partial charge in [-0.2, -0.15) is 5.10 Å². The van der Waals surface area contributed by atoms with Crippen molar-refractivity contribution in [2.75, 3.05) is 5.32 Å². The number of halogens is 1. The number of anilines is 1. The largest absolute Gasteiger partial charge is 0.320 e. The van der Waals surface area contributed by atoms with Gasteiger partial charge in [0.1, 0.15) is 11.5 Å². The molecule has 0 fully saturated rings. The summed E-state index contributed by atoms with van der Waals surface area (Å²) in [5, 5.41) is 7.03. The minimum absolute atomic E-state index is 0.135. The molecular formula is C21H20FN3O2. The van der Waals surface area contributed by atoms with Gasteiger partial charge in [-0.25, -0.2) is 9.07 Å². The molecule has 1 N–H and O–H groups in total. The zero-order chi connectivity index (χ0) is 19.6. The van der Waals surface area contributed by atoms with Crippen molar-refractivity contribution in [3.8, 4) is 0 Å². The summed E-state index contributed by atoms with van der Waals surface area (Å²) >= 11 is 0. The lowest BCUT2D eigenvalue weighted by molar-refractivity contribution is 0.101. The minimum atomic E-state index is -0.391. The number of rotatable bonds is 4. The molecule has 6 heteroatoms. The monoisotopic (exact) mass is 365 g/mol. The summed E-state index contributed by atoms with van der Waals surface area (Å²) in [6.07, 6.45) is 0. The molecule has 0 unspecified atom stereocenters. The first-order chi connectivity index (χ1) is 12.8. The maximum Gasteiger partial charge on any atom is 0.276 e. The van der Waals surface area contributed by atoms with Crippen LogP contribution in [0.5, 0.6) is 0 Å². The van der Waals surface area contributed by atoms with Crippen molar-refractivity contribution < 1.29 is 9.18 Å². The van der Waals surface area contributed by atoms with E-state index in [1.165, 1.54) is 28.9 Å². The molecule has 27 heavy (non-hydrogen) atoms. The quantitative estimate of drug-likeness (QED) is 0.768. The van der Waals surface area contributed by atoms with E-state index < -0.39 is 5.91 Å². The fourth-order valence-electron chi connectivity index (χ4n) is 3.00. The second-order valence-electron chi connectivity index (χ2n) is 6.57. The molecule has 0 aliphatic heterocycles. The first-order valence-corrected chi connectivity index (χ1v) is 8.55. The zero-order valence-corrected chi connectivity index (χ0v) is 15.4. The summed E-state index contributed by atoms with van der Waals surface area (Å²) in [7, 11) is 0. The zero-order valence-electron chi connectivity index (χ0n) is 15.4. The molecule has 0 atom stereocenters. The van der Waals surface area contributed by atoms with Crippen molar-refractivity contribution >= 4 is 11.6 Å². The summed E-state index contributed by atoms with van der Waals surface area (Å²) in [5.41, 5.74) is 4.29. The van der Waals surface area contributed by atoms with Crippen LogP contribution in [0, 0.1) is 26.6 Å². The molecule has 1 aromatic heterocycles. The summed E-state index contributed by atoms with van der Waals surface area (Å²) in [4.78, 5) is 24.7. The fraction of sp³-hybridized carbons (Fsp3) is 0.190. The topological polar surface area (TPSA) is 64.0 Å². The van der Waals surface area contributed by atoms with E-state index in [9.17, 15) is 14.0 Å². The molecule has 1 amide bonds. The van der Waals surface area contributed by atoms with Crippen LogP contribution in [0.1, 0.15) is 32.7 Å². The Morgan fingerprint density at radius 2 is 1.67 bits per heavy atom. The summed E-state index contributed by atoms with van der Waals surface area (Å²) in [5.74, 6) is -0.742. The van der Waals surface area contributed by atoms with Crippen LogP contribution < -0.4 is 10.9 Å². The van der Waals surface area contributed by atoms with Crippen molar-refractivity contribution in [2.24, 2.45) is 0 Å². The van der Waals surface area contributed by atoms with Crippen LogP contribution in [0.15, 0.2) is 53.3 Å². The standard InChI is InChI=1S/C21H20FN3O2/c1-13-10-14(2)20(15(3)11-13)23-21(27)18-8-9-19(26)25(24-18)12-16-4-6-17(22)7-5-16/h4-11H,12H2,1-3H3,(H,23,27). The van der Waals surface area contributed by atoms with Gasteiger partial charge in [-0.3, -0.25) is 9.59 Å². The third-order valence-electron chi connectivity index (χ3n) is 4.26. The van der Waals surface area contributed by atoms with E-state index in [1.807, 2.05) is 32.9 Å². The Labute approximate surface area is 156 Å². The van der Waals surface area contributed by atoms with E-state index in [1.54, 1.807) is 12.1 Å². The van der Waals surface area contributed by atoms with Gasteiger partial charge in [0.2, 0.25) is 0 Å². The van der Waals surface area contributed by atoms with Gasteiger partial charge in [-0.15, -0.1) is 0 Å². The molecule has 0 bridgehead atoms. The van der Waals surface area contributed by atoms with Gasteiger partial charge >= 0.3 is 0 Å². The second kappa shape index (κ2) is 7.53. The number of hydrogen-bond donors (Lipinski definition) is 1. The Hall–Kier alpha value is -3.28. The smallest absolute Gasteiger partial charge is 0.276 e. The molecule has 0 spiro atoms. The van der Waals surface area contributed by atoms with Crippen molar-refractivity contribution in [3.05, 3.63) is 92.6 Å². The molecular weight excluding hydrogens is 345 g/mol. The molecule has 1 heterocycles. The third kappa shape index (κ3) is 4.28. The SMILES string of the molecule is Cc1cc(C)c(NC(=O)c2ccc(=O)n(Cc3ccc(F)cc3)n2)c(C)c1. The average molecular weight is 365 g/mol. The van der Waals surface area contributed by atoms with E-state index in [-0.39, 0.29) is 23.6 Å². The Morgan fingerprint density at radius 3 is 2.30 bits per heavy atom. The predicted molar refractivity (Wildman–Crippen MR) is 103 cm³/mol. The van der Waals surface area contributed by atoms with Gasteiger partial charge in [0.25, 0.3) is 11.5 Å². The number of aromatic nitrogens is 2. The first kappa shape index (κ1) is 18.5. The second-order valence-corrected chi connectivity index (χ2v) is 6.57. The maximum absolute atomic E-state index is 13.0. The van der Waals surface area contributed by atoms with Crippen LogP contribution >= 0.6 is 0 Å². The van der Waals surface area contributed by atoms with E-state index >= 15 is 0 Å². The van der Waals surface area contributed by atoms with Crippen LogP contribution in [0.4, 0.5) is 10.1 Å². The van der Waals surface area contributed by atoms with Crippen LogP contribution in [-0.2, 0) is 6.54 Å². The number of aryl methyl sites for hydroxylation is 3. The number of benzene rings is 2. The predicted octanol–water partition coefficient (Wildman–Crippen LogP) is 3.61. The Morgan fingerprint density at radius 1 is 1.04 bits per heavy atom. The van der Waals surface area contributed by atoms with E-state index in [0.717, 1.165) is 22.4 Å². The lowest BCUT2D eigenvalue weighted by Crippen LogP contribution is -2.26.